The van der Waals surface area contributed by atoms with Gasteiger partial charge >= 0.3 is 13.8 Å². The molecular formula is C9H11N2O6P. The highest BCUT2D eigenvalue weighted by Gasteiger charge is 2.20. The largest absolute Gasteiger partial charge is 0.526 e. The average Bonchev–Trinajstić information content (AvgIpc) is 2.25. The van der Waals surface area contributed by atoms with Gasteiger partial charge in [0.2, 0.25) is 0 Å². The van der Waals surface area contributed by atoms with Crippen LogP contribution in [0.5, 0.6) is 0 Å². The maximum absolute atomic E-state index is 11.4. The molecular weight excluding hydrogens is 263 g/mol. The van der Waals surface area contributed by atoms with Gasteiger partial charge in [0.25, 0.3) is 0 Å². The molecule has 1 heterocycles. The number of nitrogens with zero attached hydrogens (tertiary/aromatic N) is 2. The molecule has 0 saturated heterocycles. The lowest BCUT2D eigenvalue weighted by molar-refractivity contribution is -0.137. The van der Waals surface area contributed by atoms with Gasteiger partial charge in [0.05, 0.1) is 12.8 Å². The Hall–Kier alpha value is -1.63. The maximum atomic E-state index is 11.4. The molecule has 8 nitrogen and oxygen atoms in total. The van der Waals surface area contributed by atoms with Crippen LogP contribution in [0, 0.1) is 0 Å². The molecule has 1 aromatic heterocycles. The molecule has 0 aliphatic heterocycles. The van der Waals surface area contributed by atoms with Crippen molar-refractivity contribution in [3.8, 4) is 0 Å². The first-order valence-corrected chi connectivity index (χ1v) is 6.45. The summed E-state index contributed by atoms with van der Waals surface area (Å²) in [5.74, 6) is -1.11. The van der Waals surface area contributed by atoms with Crippen molar-refractivity contribution >= 4 is 19.6 Å². The third-order valence-corrected chi connectivity index (χ3v) is 2.24. The van der Waals surface area contributed by atoms with Gasteiger partial charge in [-0.1, -0.05) is 0 Å². The van der Waals surface area contributed by atoms with Crippen LogP contribution in [-0.4, -0.2) is 31.5 Å². The van der Waals surface area contributed by atoms with E-state index < -0.39 is 20.2 Å². The van der Waals surface area contributed by atoms with E-state index >= 15 is 0 Å². The maximum Gasteiger partial charge on any atom is 0.526 e. The summed E-state index contributed by atoms with van der Waals surface area (Å²) in [6, 6.07) is 1.60. The summed E-state index contributed by atoms with van der Waals surface area (Å²) in [6.07, 6.45) is 2.35. The van der Waals surface area contributed by atoms with Crippen LogP contribution in [-0.2, 0) is 25.1 Å². The van der Waals surface area contributed by atoms with E-state index in [2.05, 4.69) is 14.5 Å². The molecule has 0 saturated carbocycles. The molecule has 0 atom stereocenters. The molecule has 0 aromatic carbocycles. The first-order chi connectivity index (χ1) is 8.37. The fourth-order valence-electron chi connectivity index (χ4n) is 1.11. The molecule has 9 heteroatoms. The highest BCUT2D eigenvalue weighted by Crippen LogP contribution is 2.36. The first kappa shape index (κ1) is 14.4. The Morgan fingerprint density at radius 3 is 2.39 bits per heavy atom. The van der Waals surface area contributed by atoms with Gasteiger partial charge in [-0.3, -0.25) is 19.4 Å². The van der Waals surface area contributed by atoms with E-state index in [-0.39, 0.29) is 18.6 Å². The molecule has 0 spiro atoms. The molecule has 0 bridgehead atoms. The summed E-state index contributed by atoms with van der Waals surface area (Å²) in [4.78, 5) is 46.7. The average molecular weight is 274 g/mol. The van der Waals surface area contributed by atoms with Crippen molar-refractivity contribution in [2.75, 3.05) is 0 Å². The Balaban J connectivity index is 2.34. The van der Waals surface area contributed by atoms with Gasteiger partial charge in [-0.05, 0) is 6.07 Å². The van der Waals surface area contributed by atoms with Gasteiger partial charge in [0.15, 0.2) is 0 Å². The van der Waals surface area contributed by atoms with Crippen LogP contribution >= 0.6 is 7.82 Å². The second-order valence-electron chi connectivity index (χ2n) is 3.33. The number of carbonyl (C=O) groups is 2. The van der Waals surface area contributed by atoms with Gasteiger partial charge in [-0.25, -0.2) is 14.5 Å². The van der Waals surface area contributed by atoms with Gasteiger partial charge in [0, 0.05) is 18.8 Å². The van der Waals surface area contributed by atoms with Crippen LogP contribution in [0.1, 0.15) is 18.7 Å². The molecule has 18 heavy (non-hydrogen) atoms. The molecule has 0 amide bonds. The van der Waals surface area contributed by atoms with E-state index in [0.29, 0.717) is 5.82 Å². The van der Waals surface area contributed by atoms with Crippen molar-refractivity contribution in [1.29, 1.82) is 0 Å². The zero-order valence-electron chi connectivity index (χ0n) is 9.22. The van der Waals surface area contributed by atoms with Crippen LogP contribution in [0.3, 0.4) is 0 Å². The quantitative estimate of drug-likeness (QED) is 0.694. The van der Waals surface area contributed by atoms with E-state index in [0.717, 1.165) is 0 Å². The second-order valence-corrected chi connectivity index (χ2v) is 4.50. The van der Waals surface area contributed by atoms with Gasteiger partial charge in [0.1, 0.15) is 11.6 Å². The van der Waals surface area contributed by atoms with E-state index in [4.69, 9.17) is 9.79 Å². The van der Waals surface area contributed by atoms with Crippen LogP contribution in [0.25, 0.3) is 0 Å². The molecule has 2 N–H and O–H groups in total. The lowest BCUT2D eigenvalue weighted by Gasteiger charge is -2.04. The minimum absolute atomic E-state index is 0.0377. The number of rotatable bonds is 6. The Bertz CT molecular complexity index is 471. The summed E-state index contributed by atoms with van der Waals surface area (Å²) in [6.45, 7) is 0. The molecule has 0 aliphatic rings. The SMILES string of the molecule is O=C(CCC(=O)OP(=O)(O)O)Cc1ncccn1. The van der Waals surface area contributed by atoms with E-state index in [1.54, 1.807) is 6.07 Å². The number of phosphoric ester groups is 1. The number of hydrogen-bond donors (Lipinski definition) is 2. The lowest BCUT2D eigenvalue weighted by Crippen LogP contribution is -2.10. The number of hydrogen-bond acceptors (Lipinski definition) is 6. The lowest BCUT2D eigenvalue weighted by atomic mass is 10.1. The van der Waals surface area contributed by atoms with Crippen molar-refractivity contribution in [2.45, 2.75) is 19.3 Å². The first-order valence-electron chi connectivity index (χ1n) is 4.92. The molecule has 98 valence electrons. The minimum Gasteiger partial charge on any atom is -0.371 e. The standard InChI is InChI=1S/C9H11N2O6P/c12-7(6-8-10-4-1-5-11-8)2-3-9(13)17-18(14,15)16/h1,4-5H,2-3,6H2,(H2,14,15,16). The molecule has 0 radical (unpaired) electrons. The fourth-order valence-corrected chi connectivity index (χ4v) is 1.46. The minimum atomic E-state index is -4.83. The Kier molecular flexibility index (Phi) is 5.08. The summed E-state index contributed by atoms with van der Waals surface area (Å²) >= 11 is 0. The zero-order valence-corrected chi connectivity index (χ0v) is 10.1. The molecule has 1 rings (SSSR count). The third kappa shape index (κ3) is 6.19. The molecule has 0 unspecified atom stereocenters. The summed E-state index contributed by atoms with van der Waals surface area (Å²) in [5, 5.41) is 0. The number of aromatic nitrogens is 2. The van der Waals surface area contributed by atoms with Gasteiger partial charge in [-0.2, -0.15) is 0 Å². The fraction of sp³-hybridized carbons (Fsp3) is 0.333. The number of Topliss-reactive ketones (excluding diaryl/α,β-unsaturated/α-hetero) is 1. The summed E-state index contributed by atoms with van der Waals surface area (Å²) < 4.78 is 14.1. The number of ketones is 1. The van der Waals surface area contributed by atoms with Crippen LogP contribution in [0.2, 0.25) is 0 Å². The highest BCUT2D eigenvalue weighted by molar-refractivity contribution is 7.46. The van der Waals surface area contributed by atoms with Gasteiger partial charge < -0.3 is 4.52 Å². The zero-order chi connectivity index (χ0) is 13.6. The predicted molar refractivity (Wildman–Crippen MR) is 58.1 cm³/mol. The van der Waals surface area contributed by atoms with Crippen molar-refractivity contribution in [1.82, 2.24) is 9.97 Å². The second kappa shape index (κ2) is 6.34. The summed E-state index contributed by atoms with van der Waals surface area (Å²) in [7, 11) is -4.83. The monoisotopic (exact) mass is 274 g/mol. The summed E-state index contributed by atoms with van der Waals surface area (Å²) in [5.41, 5.74) is 0. The molecule has 0 aliphatic carbocycles. The smallest absolute Gasteiger partial charge is 0.371 e. The highest BCUT2D eigenvalue weighted by atomic mass is 31.2. The van der Waals surface area contributed by atoms with E-state index in [1.807, 2.05) is 0 Å². The molecule has 1 aromatic rings. The van der Waals surface area contributed by atoms with Crippen molar-refractivity contribution in [3.05, 3.63) is 24.3 Å². The third-order valence-electron chi connectivity index (χ3n) is 1.80. The van der Waals surface area contributed by atoms with Crippen LogP contribution < -0.4 is 0 Å². The van der Waals surface area contributed by atoms with Gasteiger partial charge in [-0.15, -0.1) is 0 Å². The van der Waals surface area contributed by atoms with Crippen molar-refractivity contribution < 1.29 is 28.5 Å². The predicted octanol–water partition coefficient (Wildman–Crippen LogP) is 0.00430. The topological polar surface area (TPSA) is 127 Å². The van der Waals surface area contributed by atoms with Crippen molar-refractivity contribution in [2.24, 2.45) is 0 Å². The van der Waals surface area contributed by atoms with E-state index in [1.165, 1.54) is 12.4 Å². The number of phosphoric acid groups is 1. The van der Waals surface area contributed by atoms with E-state index in [9.17, 15) is 14.2 Å². The Morgan fingerprint density at radius 1 is 1.22 bits per heavy atom. The van der Waals surface area contributed by atoms with Crippen LogP contribution in [0.4, 0.5) is 0 Å². The van der Waals surface area contributed by atoms with Crippen molar-refractivity contribution in [3.63, 3.8) is 0 Å². The molecule has 0 fully saturated rings. The number of carbonyl (C=O) groups excluding carboxylic acids is 2. The Morgan fingerprint density at radius 2 is 1.83 bits per heavy atom. The Labute approximate surface area is 102 Å². The normalized spacial score (nSPS) is 11.0. The van der Waals surface area contributed by atoms with Crippen LogP contribution in [0.15, 0.2) is 18.5 Å².